The number of pyridine rings is 1. The number of hydrazine groups is 1. The molecule has 1 amide bonds. The van der Waals surface area contributed by atoms with Gasteiger partial charge in [0.1, 0.15) is 17.1 Å². The average Bonchev–Trinajstić information content (AvgIpc) is 3.37. The highest BCUT2D eigenvalue weighted by Gasteiger charge is 2.38. The van der Waals surface area contributed by atoms with Crippen molar-refractivity contribution in [2.75, 3.05) is 6.79 Å². The van der Waals surface area contributed by atoms with Gasteiger partial charge >= 0.3 is 0 Å². The van der Waals surface area contributed by atoms with Gasteiger partial charge in [0.05, 0.1) is 16.7 Å². The molecule has 2 aromatic heterocycles. The van der Waals surface area contributed by atoms with Crippen LogP contribution in [0.2, 0.25) is 0 Å². The van der Waals surface area contributed by atoms with E-state index in [2.05, 4.69) is 4.98 Å². The first kappa shape index (κ1) is 18.2. The molecule has 11 heteroatoms. The molecule has 2 N–H and O–H groups in total. The van der Waals surface area contributed by atoms with Crippen molar-refractivity contribution in [3.8, 4) is 10.6 Å². The van der Waals surface area contributed by atoms with Crippen LogP contribution in [0.5, 0.6) is 0 Å². The first-order valence-corrected chi connectivity index (χ1v) is 10.2. The fourth-order valence-corrected chi connectivity index (χ4v) is 5.01. The first-order valence-electron chi connectivity index (χ1n) is 7.95. The Balaban J connectivity index is 1.47. The number of carbonyl (C=O) groups excluding carboxylic acids is 1. The summed E-state index contributed by atoms with van der Waals surface area (Å²) in [5.74, 6) is -0.873. The molecule has 0 spiro atoms. The molecule has 1 aliphatic heterocycles. The Morgan fingerprint density at radius 3 is 2.89 bits per heavy atom. The number of rotatable bonds is 5. The molecule has 2 aromatic rings. The minimum absolute atomic E-state index is 0.0254. The standard InChI is InChI=1S/C16H15N3O6S2/c20-16(10-7-12-13(8-10)25-9-24-12)19(21)18-27(22,23)15-5-4-14(26-15)11-3-1-2-6-17-11/h1-7,12-13,18,21H,8-9H2. The number of sulfonamides is 1. The maximum absolute atomic E-state index is 12.5. The first-order chi connectivity index (χ1) is 12.9. The van der Waals surface area contributed by atoms with Crippen molar-refractivity contribution in [2.45, 2.75) is 22.8 Å². The summed E-state index contributed by atoms with van der Waals surface area (Å²) in [5, 5.41) is 9.90. The smallest absolute Gasteiger partial charge is 0.289 e. The van der Waals surface area contributed by atoms with E-state index in [1.54, 1.807) is 30.5 Å². The van der Waals surface area contributed by atoms with Crippen molar-refractivity contribution in [1.82, 2.24) is 15.0 Å². The van der Waals surface area contributed by atoms with Crippen molar-refractivity contribution in [2.24, 2.45) is 0 Å². The summed E-state index contributed by atoms with van der Waals surface area (Å²) in [6.45, 7) is 0.153. The van der Waals surface area contributed by atoms with Gasteiger partial charge < -0.3 is 9.47 Å². The Bertz CT molecular complexity index is 989. The minimum atomic E-state index is -4.13. The average molecular weight is 409 g/mol. The minimum Gasteiger partial charge on any atom is -0.349 e. The summed E-state index contributed by atoms with van der Waals surface area (Å²) in [5.41, 5.74) is 0.846. The van der Waals surface area contributed by atoms with Crippen LogP contribution in [0.3, 0.4) is 0 Å². The van der Waals surface area contributed by atoms with Crippen molar-refractivity contribution in [3.63, 3.8) is 0 Å². The van der Waals surface area contributed by atoms with Gasteiger partial charge in [0.15, 0.2) is 0 Å². The Labute approximate surface area is 158 Å². The molecule has 2 unspecified atom stereocenters. The Morgan fingerprint density at radius 2 is 2.15 bits per heavy atom. The molecular weight excluding hydrogens is 394 g/mol. The van der Waals surface area contributed by atoms with Gasteiger partial charge in [0.25, 0.3) is 15.9 Å². The highest BCUT2D eigenvalue weighted by Crippen LogP contribution is 2.31. The zero-order valence-electron chi connectivity index (χ0n) is 13.8. The maximum Gasteiger partial charge on any atom is 0.289 e. The second-order valence-electron chi connectivity index (χ2n) is 5.90. The van der Waals surface area contributed by atoms with E-state index in [0.717, 1.165) is 11.3 Å². The van der Waals surface area contributed by atoms with E-state index >= 15 is 0 Å². The van der Waals surface area contributed by atoms with Crippen molar-refractivity contribution >= 4 is 27.3 Å². The van der Waals surface area contributed by atoms with Crippen LogP contribution in [0, 0.1) is 0 Å². The van der Waals surface area contributed by atoms with Crippen LogP contribution >= 0.6 is 11.3 Å². The number of carbonyl (C=O) groups is 1. The third kappa shape index (κ3) is 3.65. The van der Waals surface area contributed by atoms with Gasteiger partial charge in [0, 0.05) is 18.2 Å². The normalized spacial score (nSPS) is 21.7. The highest BCUT2D eigenvalue weighted by molar-refractivity contribution is 7.91. The van der Waals surface area contributed by atoms with E-state index in [9.17, 15) is 18.4 Å². The van der Waals surface area contributed by atoms with Crippen molar-refractivity contribution < 1.29 is 27.9 Å². The zero-order valence-corrected chi connectivity index (χ0v) is 15.4. The van der Waals surface area contributed by atoms with Crippen LogP contribution in [0.1, 0.15) is 6.42 Å². The molecule has 2 aliphatic rings. The summed E-state index contributed by atoms with van der Waals surface area (Å²) in [6.07, 6.45) is 2.74. The molecule has 0 radical (unpaired) electrons. The summed E-state index contributed by atoms with van der Waals surface area (Å²) < 4.78 is 35.4. The summed E-state index contributed by atoms with van der Waals surface area (Å²) in [6, 6.07) is 8.30. The van der Waals surface area contributed by atoms with E-state index in [4.69, 9.17) is 9.47 Å². The van der Waals surface area contributed by atoms with Gasteiger partial charge in [-0.25, -0.2) is 8.42 Å². The number of amides is 1. The number of hydroxylamine groups is 1. The predicted octanol–water partition coefficient (Wildman–Crippen LogP) is 1.29. The third-order valence-corrected chi connectivity index (χ3v) is 7.02. The van der Waals surface area contributed by atoms with Gasteiger partial charge in [-0.15, -0.1) is 16.5 Å². The van der Waals surface area contributed by atoms with Crippen molar-refractivity contribution in [1.29, 1.82) is 0 Å². The van der Waals surface area contributed by atoms with E-state index in [0.29, 0.717) is 10.6 Å². The van der Waals surface area contributed by atoms with Crippen LogP contribution < -0.4 is 4.83 Å². The number of ether oxygens (including phenoxy) is 2. The van der Waals surface area contributed by atoms with Crippen LogP contribution in [0.25, 0.3) is 10.6 Å². The number of nitrogens with one attached hydrogen (secondary N) is 1. The molecule has 0 aromatic carbocycles. The molecule has 0 bridgehead atoms. The molecule has 1 saturated heterocycles. The lowest BCUT2D eigenvalue weighted by Crippen LogP contribution is -2.44. The summed E-state index contributed by atoms with van der Waals surface area (Å²) in [4.78, 5) is 18.9. The fourth-order valence-electron chi connectivity index (χ4n) is 2.83. The third-order valence-electron chi connectivity index (χ3n) is 4.13. The Hall–Kier alpha value is -2.15. The lowest BCUT2D eigenvalue weighted by molar-refractivity contribution is -0.167. The second kappa shape index (κ2) is 7.11. The molecule has 27 heavy (non-hydrogen) atoms. The quantitative estimate of drug-likeness (QED) is 0.564. The molecule has 1 fully saturated rings. The van der Waals surface area contributed by atoms with E-state index < -0.39 is 15.9 Å². The number of hydrogen-bond donors (Lipinski definition) is 2. The lowest BCUT2D eigenvalue weighted by Gasteiger charge is -2.16. The number of thiophene rings is 1. The zero-order chi connectivity index (χ0) is 19.0. The largest absolute Gasteiger partial charge is 0.349 e. The molecule has 2 atom stereocenters. The number of nitrogens with zero attached hydrogens (tertiary/aromatic N) is 2. The molecular formula is C16H15N3O6S2. The number of hydrogen-bond acceptors (Lipinski definition) is 8. The van der Waals surface area contributed by atoms with Gasteiger partial charge in [-0.3, -0.25) is 15.0 Å². The van der Waals surface area contributed by atoms with Gasteiger partial charge in [-0.05, 0) is 30.3 Å². The monoisotopic (exact) mass is 409 g/mol. The predicted molar refractivity (Wildman–Crippen MR) is 93.8 cm³/mol. The Morgan fingerprint density at radius 1 is 1.30 bits per heavy atom. The fraction of sp³-hybridized carbons (Fsp3) is 0.250. The lowest BCUT2D eigenvalue weighted by atomic mass is 10.2. The summed E-state index contributed by atoms with van der Waals surface area (Å²) in [7, 11) is -4.13. The molecule has 142 valence electrons. The van der Waals surface area contributed by atoms with Crippen molar-refractivity contribution in [3.05, 3.63) is 48.2 Å². The highest BCUT2D eigenvalue weighted by atomic mass is 32.2. The van der Waals surface area contributed by atoms with Gasteiger partial charge in [-0.2, -0.15) is 0 Å². The van der Waals surface area contributed by atoms with Crippen LogP contribution in [-0.2, 0) is 24.3 Å². The molecule has 0 saturated carbocycles. The number of aromatic nitrogens is 1. The summed E-state index contributed by atoms with van der Waals surface area (Å²) >= 11 is 0.976. The molecule has 1 aliphatic carbocycles. The van der Waals surface area contributed by atoms with E-state index in [1.807, 2.05) is 4.83 Å². The number of fused-ring (bicyclic) bond motifs is 1. The Kier molecular flexibility index (Phi) is 4.80. The second-order valence-corrected chi connectivity index (χ2v) is 8.87. The van der Waals surface area contributed by atoms with Crippen LogP contribution in [-0.4, -0.2) is 48.7 Å². The molecule has 4 rings (SSSR count). The SMILES string of the molecule is O=C(C1=CC2OCOC2C1)N(O)NS(=O)(=O)c1ccc(-c2ccccn2)s1. The van der Waals surface area contributed by atoms with Crippen LogP contribution in [0.15, 0.2) is 52.4 Å². The maximum atomic E-state index is 12.5. The van der Waals surface area contributed by atoms with Crippen LogP contribution in [0.4, 0.5) is 0 Å². The molecule has 3 heterocycles. The van der Waals surface area contributed by atoms with E-state index in [1.165, 1.54) is 12.1 Å². The molecule has 9 nitrogen and oxygen atoms in total. The van der Waals surface area contributed by atoms with E-state index in [-0.39, 0.29) is 40.4 Å². The van der Waals surface area contributed by atoms with Gasteiger partial charge in [-0.1, -0.05) is 10.9 Å². The topological polar surface area (TPSA) is 118 Å². The van der Waals surface area contributed by atoms with Gasteiger partial charge in [0.2, 0.25) is 0 Å².